The van der Waals surface area contributed by atoms with E-state index in [1.165, 1.54) is 17.3 Å². The summed E-state index contributed by atoms with van der Waals surface area (Å²) < 4.78 is 56.8. The fourth-order valence-electron chi connectivity index (χ4n) is 2.28. The third-order valence-corrected chi connectivity index (χ3v) is 3.87. The van der Waals surface area contributed by atoms with Gasteiger partial charge in [0.05, 0.1) is 12.2 Å². The average Bonchev–Trinajstić information content (AvgIpc) is 3.16. The maximum atomic E-state index is 13.1. The Kier molecular flexibility index (Phi) is 5.54. The Morgan fingerprint density at radius 2 is 1.93 bits per heavy atom. The van der Waals surface area contributed by atoms with Crippen molar-refractivity contribution in [1.82, 2.24) is 24.7 Å². The van der Waals surface area contributed by atoms with Crippen LogP contribution in [0.25, 0.3) is 16.9 Å². The van der Waals surface area contributed by atoms with Crippen LogP contribution >= 0.6 is 11.6 Å². The van der Waals surface area contributed by atoms with Crippen LogP contribution < -0.4 is 4.74 Å². The molecule has 27 heavy (non-hydrogen) atoms. The molecule has 1 aromatic carbocycles. The van der Waals surface area contributed by atoms with Gasteiger partial charge in [-0.15, -0.1) is 0 Å². The smallest absolute Gasteiger partial charge is 0.419 e. The second kappa shape index (κ2) is 7.87. The molecular weight excluding hydrogens is 390 g/mol. The number of ether oxygens (including phenoxy) is 1. The molecule has 0 aliphatic heterocycles. The van der Waals surface area contributed by atoms with Crippen molar-refractivity contribution in [3.05, 3.63) is 48.3 Å². The minimum Gasteiger partial charge on any atom is -0.477 e. The van der Waals surface area contributed by atoms with Gasteiger partial charge in [-0.3, -0.25) is 0 Å². The summed E-state index contributed by atoms with van der Waals surface area (Å²) in [6, 6.07) is 6.72. The summed E-state index contributed by atoms with van der Waals surface area (Å²) in [5.74, 6) is 0.219. The Bertz CT molecular complexity index is 904. The highest BCUT2D eigenvalue weighted by molar-refractivity contribution is 6.33. The summed E-state index contributed by atoms with van der Waals surface area (Å²) in [7, 11) is 0. The predicted molar refractivity (Wildman–Crippen MR) is 88.5 cm³/mol. The van der Waals surface area contributed by atoms with Gasteiger partial charge in [0.2, 0.25) is 5.88 Å². The third kappa shape index (κ3) is 4.33. The van der Waals surface area contributed by atoms with Crippen molar-refractivity contribution in [3.8, 4) is 22.8 Å². The van der Waals surface area contributed by atoms with Crippen LogP contribution in [-0.2, 0) is 0 Å². The third-order valence-electron chi connectivity index (χ3n) is 3.54. The molecule has 0 aliphatic carbocycles. The lowest BCUT2D eigenvalue weighted by atomic mass is 10.1. The quantitative estimate of drug-likeness (QED) is 0.583. The van der Waals surface area contributed by atoms with E-state index < -0.39 is 25.4 Å². The maximum Gasteiger partial charge on any atom is 0.419 e. The lowest BCUT2D eigenvalue weighted by Crippen LogP contribution is -2.26. The molecule has 142 valence electrons. The largest absolute Gasteiger partial charge is 0.477 e. The van der Waals surface area contributed by atoms with Crippen molar-refractivity contribution in [3.63, 3.8) is 0 Å². The lowest BCUT2D eigenvalue weighted by molar-refractivity contribution is -0.183. The van der Waals surface area contributed by atoms with Crippen molar-refractivity contribution < 1.29 is 22.3 Å². The standard InChI is InChI=1S/C16H12ClF4N5O/c17-11-4-2-1-3-10(11)13-14(26-9-22-7-25-26)23-8-24-15(13)27-6-5-12(18)16(19,20)21/h1-4,7-9,12H,5-6H2. The first-order valence-corrected chi connectivity index (χ1v) is 8.04. The Balaban J connectivity index is 1.97. The molecule has 2 heterocycles. The van der Waals surface area contributed by atoms with Gasteiger partial charge >= 0.3 is 6.18 Å². The molecule has 0 bridgehead atoms. The number of nitrogens with zero attached hydrogens (tertiary/aromatic N) is 5. The topological polar surface area (TPSA) is 65.7 Å². The van der Waals surface area contributed by atoms with Crippen LogP contribution in [0.1, 0.15) is 6.42 Å². The van der Waals surface area contributed by atoms with Gasteiger partial charge in [-0.05, 0) is 6.07 Å². The minimum atomic E-state index is -4.94. The van der Waals surface area contributed by atoms with Gasteiger partial charge < -0.3 is 4.74 Å². The normalized spacial score (nSPS) is 12.8. The zero-order valence-electron chi connectivity index (χ0n) is 13.6. The number of hydrogen-bond donors (Lipinski definition) is 0. The van der Waals surface area contributed by atoms with E-state index in [2.05, 4.69) is 20.1 Å². The zero-order chi connectivity index (χ0) is 19.4. The van der Waals surface area contributed by atoms with E-state index in [0.29, 0.717) is 16.1 Å². The SMILES string of the molecule is FC(CCOc1ncnc(-n2cncn2)c1-c1ccccc1Cl)C(F)(F)F. The Morgan fingerprint density at radius 3 is 2.59 bits per heavy atom. The zero-order valence-corrected chi connectivity index (χ0v) is 14.3. The van der Waals surface area contributed by atoms with Gasteiger partial charge in [-0.2, -0.15) is 18.3 Å². The molecule has 0 radical (unpaired) electrons. The predicted octanol–water partition coefficient (Wildman–Crippen LogP) is 4.05. The van der Waals surface area contributed by atoms with Crippen LogP contribution in [0.2, 0.25) is 5.02 Å². The first-order chi connectivity index (χ1) is 12.9. The monoisotopic (exact) mass is 401 g/mol. The van der Waals surface area contributed by atoms with Crippen LogP contribution in [0.5, 0.6) is 5.88 Å². The van der Waals surface area contributed by atoms with E-state index in [4.69, 9.17) is 16.3 Å². The first kappa shape index (κ1) is 19.0. The van der Waals surface area contributed by atoms with E-state index in [1.54, 1.807) is 24.3 Å². The average molecular weight is 402 g/mol. The second-order valence-electron chi connectivity index (χ2n) is 5.34. The molecule has 3 rings (SSSR count). The fourth-order valence-corrected chi connectivity index (χ4v) is 2.51. The number of benzene rings is 1. The number of hydrogen-bond acceptors (Lipinski definition) is 5. The number of alkyl halides is 4. The Morgan fingerprint density at radius 1 is 1.15 bits per heavy atom. The molecule has 2 aromatic heterocycles. The van der Waals surface area contributed by atoms with Crippen molar-refractivity contribution in [2.45, 2.75) is 18.8 Å². The summed E-state index contributed by atoms with van der Waals surface area (Å²) >= 11 is 6.24. The minimum absolute atomic E-state index is 0.0435. The van der Waals surface area contributed by atoms with E-state index >= 15 is 0 Å². The van der Waals surface area contributed by atoms with Crippen LogP contribution in [0, 0.1) is 0 Å². The molecule has 0 fully saturated rings. The molecule has 3 aromatic rings. The second-order valence-corrected chi connectivity index (χ2v) is 5.75. The maximum absolute atomic E-state index is 13.1. The van der Waals surface area contributed by atoms with Crippen LogP contribution in [-0.4, -0.2) is 43.7 Å². The van der Waals surface area contributed by atoms with Gasteiger partial charge in [0.1, 0.15) is 19.0 Å². The van der Waals surface area contributed by atoms with Crippen molar-refractivity contribution in [1.29, 1.82) is 0 Å². The van der Waals surface area contributed by atoms with Gasteiger partial charge in [-0.1, -0.05) is 29.8 Å². The molecule has 1 unspecified atom stereocenters. The van der Waals surface area contributed by atoms with Crippen molar-refractivity contribution in [2.24, 2.45) is 0 Å². The van der Waals surface area contributed by atoms with E-state index in [0.717, 1.165) is 6.33 Å². The van der Waals surface area contributed by atoms with Crippen LogP contribution in [0.3, 0.4) is 0 Å². The molecule has 1 atom stereocenters. The number of halogens is 5. The molecule has 0 saturated heterocycles. The molecular formula is C16H12ClF4N5O. The van der Waals surface area contributed by atoms with Gasteiger partial charge in [0.15, 0.2) is 12.0 Å². The van der Waals surface area contributed by atoms with Gasteiger partial charge in [0.25, 0.3) is 0 Å². The van der Waals surface area contributed by atoms with Crippen molar-refractivity contribution >= 4 is 11.6 Å². The lowest BCUT2D eigenvalue weighted by Gasteiger charge is -2.16. The van der Waals surface area contributed by atoms with E-state index in [9.17, 15) is 17.6 Å². The molecule has 0 spiro atoms. The molecule has 0 saturated carbocycles. The summed E-state index contributed by atoms with van der Waals surface area (Å²) in [6.07, 6.45) is -4.97. The summed E-state index contributed by atoms with van der Waals surface area (Å²) in [4.78, 5) is 11.9. The highest BCUT2D eigenvalue weighted by atomic mass is 35.5. The van der Waals surface area contributed by atoms with E-state index in [-0.39, 0.29) is 11.7 Å². The van der Waals surface area contributed by atoms with Crippen LogP contribution in [0.4, 0.5) is 17.6 Å². The van der Waals surface area contributed by atoms with Crippen LogP contribution in [0.15, 0.2) is 43.2 Å². The summed E-state index contributed by atoms with van der Waals surface area (Å²) in [5.41, 5.74) is 0.781. The summed E-state index contributed by atoms with van der Waals surface area (Å²) in [5, 5.41) is 4.34. The highest BCUT2D eigenvalue weighted by Crippen LogP contribution is 2.37. The fraction of sp³-hybridized carbons (Fsp3) is 0.250. The molecule has 0 amide bonds. The molecule has 11 heteroatoms. The first-order valence-electron chi connectivity index (χ1n) is 7.66. The highest BCUT2D eigenvalue weighted by Gasteiger charge is 2.39. The van der Waals surface area contributed by atoms with E-state index in [1.807, 2.05) is 0 Å². The molecule has 0 N–H and O–H groups in total. The number of aromatic nitrogens is 5. The Hall–Kier alpha value is -2.75. The molecule has 0 aliphatic rings. The number of rotatable bonds is 6. The van der Waals surface area contributed by atoms with Crippen molar-refractivity contribution in [2.75, 3.05) is 6.61 Å². The summed E-state index contributed by atoms with van der Waals surface area (Å²) in [6.45, 7) is -0.536. The molecule has 6 nitrogen and oxygen atoms in total. The Labute approximate surface area is 155 Å². The van der Waals surface area contributed by atoms with Gasteiger partial charge in [0, 0.05) is 17.0 Å². The van der Waals surface area contributed by atoms with Gasteiger partial charge in [-0.25, -0.2) is 24.0 Å².